The normalized spacial score (nSPS) is 14.7. The minimum atomic E-state index is -0.766. The highest BCUT2D eigenvalue weighted by molar-refractivity contribution is 9.11. The third kappa shape index (κ3) is 5.29. The maximum absolute atomic E-state index is 12.4. The Bertz CT molecular complexity index is 1520. The third-order valence-corrected chi connectivity index (χ3v) is 8.07. The Morgan fingerprint density at radius 1 is 1.16 bits per heavy atom. The minimum Gasteiger partial charge on any atom is -0.496 e. The van der Waals surface area contributed by atoms with Crippen LogP contribution in [0.15, 0.2) is 75.1 Å². The largest absolute Gasteiger partial charge is 0.496 e. The number of carbonyl (C=O) groups is 1. The van der Waals surface area contributed by atoms with E-state index in [0.717, 1.165) is 42.2 Å². The Balaban J connectivity index is 1.60. The first-order valence-corrected chi connectivity index (χ1v) is 13.8. The van der Waals surface area contributed by atoms with Gasteiger partial charge in [-0.05, 0) is 95.9 Å². The van der Waals surface area contributed by atoms with Gasteiger partial charge in [-0.25, -0.2) is 4.79 Å². The first-order valence-electron chi connectivity index (χ1n) is 12.2. The van der Waals surface area contributed by atoms with E-state index in [2.05, 4.69) is 48.1 Å². The predicted octanol–water partition coefficient (Wildman–Crippen LogP) is 7.88. The summed E-state index contributed by atoms with van der Waals surface area (Å²) in [5.74, 6) is 0.375. The number of fused-ring (bicyclic) bond motifs is 1. The van der Waals surface area contributed by atoms with Gasteiger partial charge in [-0.1, -0.05) is 12.1 Å². The molecule has 5 rings (SSSR count). The van der Waals surface area contributed by atoms with Crippen molar-refractivity contribution in [2.24, 2.45) is 0 Å². The highest BCUT2D eigenvalue weighted by atomic mass is 79.9. The Hall–Kier alpha value is -3.33. The highest BCUT2D eigenvalue weighted by Gasteiger charge is 2.29. The third-order valence-electron chi connectivity index (χ3n) is 6.43. The van der Waals surface area contributed by atoms with Crippen LogP contribution < -0.4 is 14.8 Å². The smallest absolute Gasteiger partial charge is 0.379 e. The molecule has 2 aromatic carbocycles. The molecule has 196 valence electrons. The van der Waals surface area contributed by atoms with E-state index < -0.39 is 12.1 Å². The van der Waals surface area contributed by atoms with E-state index in [0.29, 0.717) is 17.9 Å². The zero-order valence-corrected chi connectivity index (χ0v) is 23.9. The summed E-state index contributed by atoms with van der Waals surface area (Å²) in [5, 5.41) is 15.3. The lowest BCUT2D eigenvalue weighted by Crippen LogP contribution is -2.32. The summed E-state index contributed by atoms with van der Waals surface area (Å²) in [4.78, 5) is 13.5. The number of hydrogen-bond donors (Lipinski definition) is 2. The maximum atomic E-state index is 12.4. The summed E-state index contributed by atoms with van der Waals surface area (Å²) in [7, 11) is 1.57. The zero-order chi connectivity index (χ0) is 27.0. The van der Waals surface area contributed by atoms with E-state index in [1.807, 2.05) is 30.3 Å². The van der Waals surface area contributed by atoms with Crippen LogP contribution in [0, 0.1) is 0 Å². The molecule has 0 spiro atoms. The van der Waals surface area contributed by atoms with Crippen molar-refractivity contribution in [3.63, 3.8) is 0 Å². The van der Waals surface area contributed by atoms with Crippen LogP contribution in [0.1, 0.15) is 53.4 Å². The van der Waals surface area contributed by atoms with Gasteiger partial charge in [-0.15, -0.1) is 11.3 Å². The SMILES string of the molecule is COc1cc(OC(=O)c2ccco2)ccc1-c1ccc2c(c1C(O)Cc1ccc(Br)s1)C(C)=CC(C)(C)N2. The number of furan rings is 1. The topological polar surface area (TPSA) is 80.9 Å². The van der Waals surface area contributed by atoms with Crippen LogP contribution in [-0.2, 0) is 6.42 Å². The molecule has 1 unspecified atom stereocenters. The second-order valence-corrected chi connectivity index (χ2v) is 12.3. The number of methoxy groups -OCH3 is 1. The quantitative estimate of drug-likeness (QED) is 0.167. The summed E-state index contributed by atoms with van der Waals surface area (Å²) in [6, 6.07) is 16.5. The Morgan fingerprint density at radius 2 is 1.95 bits per heavy atom. The van der Waals surface area contributed by atoms with Gasteiger partial charge in [-0.3, -0.25) is 0 Å². The molecule has 38 heavy (non-hydrogen) atoms. The van der Waals surface area contributed by atoms with Crippen LogP contribution in [0.2, 0.25) is 0 Å². The van der Waals surface area contributed by atoms with Gasteiger partial charge in [0.15, 0.2) is 0 Å². The molecule has 0 aliphatic carbocycles. The fourth-order valence-corrected chi connectivity index (χ4v) is 6.51. The molecular formula is C30H28BrNO5S. The first-order chi connectivity index (χ1) is 18.1. The highest BCUT2D eigenvalue weighted by Crippen LogP contribution is 2.46. The van der Waals surface area contributed by atoms with Gasteiger partial charge < -0.3 is 24.3 Å². The lowest BCUT2D eigenvalue weighted by Gasteiger charge is -2.34. The first kappa shape index (κ1) is 26.3. The van der Waals surface area contributed by atoms with Crippen molar-refractivity contribution in [1.29, 1.82) is 0 Å². The number of nitrogens with one attached hydrogen (secondary N) is 1. The number of hydrogen-bond acceptors (Lipinski definition) is 7. The fourth-order valence-electron chi connectivity index (χ4n) is 4.99. The van der Waals surface area contributed by atoms with Gasteiger partial charge in [0.05, 0.1) is 28.8 Å². The summed E-state index contributed by atoms with van der Waals surface area (Å²) in [5.41, 5.74) is 5.30. The fraction of sp³-hybridized carbons (Fsp3) is 0.233. The number of esters is 1. The number of halogens is 1. The number of rotatable bonds is 7. The van der Waals surface area contributed by atoms with Crippen molar-refractivity contribution in [2.45, 2.75) is 38.8 Å². The lowest BCUT2D eigenvalue weighted by atomic mass is 9.82. The summed E-state index contributed by atoms with van der Waals surface area (Å²) in [6.45, 7) is 6.33. The van der Waals surface area contributed by atoms with Crippen molar-refractivity contribution in [3.05, 3.63) is 92.5 Å². The van der Waals surface area contributed by atoms with E-state index in [1.165, 1.54) is 6.26 Å². The number of carbonyl (C=O) groups excluding carboxylic acids is 1. The van der Waals surface area contributed by atoms with Crippen molar-refractivity contribution in [3.8, 4) is 22.6 Å². The molecular weight excluding hydrogens is 566 g/mol. The van der Waals surface area contributed by atoms with E-state index in [1.54, 1.807) is 42.7 Å². The molecule has 0 fully saturated rings. The molecule has 1 aliphatic rings. The molecule has 3 heterocycles. The average Bonchev–Trinajstić information content (AvgIpc) is 3.55. The van der Waals surface area contributed by atoms with Gasteiger partial charge in [0.1, 0.15) is 11.5 Å². The number of aliphatic hydroxyl groups excluding tert-OH is 1. The summed E-state index contributed by atoms with van der Waals surface area (Å²) in [6.07, 6.45) is 3.31. The van der Waals surface area contributed by atoms with E-state index >= 15 is 0 Å². The van der Waals surface area contributed by atoms with Gasteiger partial charge >= 0.3 is 5.97 Å². The molecule has 0 amide bonds. The lowest BCUT2D eigenvalue weighted by molar-refractivity contribution is 0.0701. The molecule has 2 N–H and O–H groups in total. The Labute approximate surface area is 234 Å². The van der Waals surface area contributed by atoms with Gasteiger partial charge in [-0.2, -0.15) is 0 Å². The molecule has 1 aliphatic heterocycles. The minimum absolute atomic E-state index is 0.117. The predicted molar refractivity (Wildman–Crippen MR) is 154 cm³/mol. The standard InChI is InChI=1S/C30H28BrNO5S/c1-17-16-30(2,3)32-22-11-10-21(28(27(17)22)23(33)15-19-8-12-26(31)38-19)20-9-7-18(14-25(20)35-4)37-29(34)24-6-5-13-36-24/h5-14,16,23,32-33H,15H2,1-4H3. The molecule has 0 radical (unpaired) electrons. The van der Waals surface area contributed by atoms with Crippen molar-refractivity contribution in [1.82, 2.24) is 0 Å². The van der Waals surface area contributed by atoms with E-state index in [9.17, 15) is 9.90 Å². The summed E-state index contributed by atoms with van der Waals surface area (Å²) >= 11 is 5.14. The molecule has 2 aromatic heterocycles. The Morgan fingerprint density at radius 3 is 2.63 bits per heavy atom. The number of benzene rings is 2. The van der Waals surface area contributed by atoms with Crippen LogP contribution in [0.25, 0.3) is 16.7 Å². The Kier molecular flexibility index (Phi) is 7.22. The van der Waals surface area contributed by atoms with Gasteiger partial charge in [0, 0.05) is 34.2 Å². The average molecular weight is 595 g/mol. The number of allylic oxidation sites excluding steroid dienone is 1. The second-order valence-electron chi connectivity index (χ2n) is 9.78. The monoisotopic (exact) mass is 593 g/mol. The molecule has 0 saturated heterocycles. The second kappa shape index (κ2) is 10.4. The maximum Gasteiger partial charge on any atom is 0.379 e. The number of thiophene rings is 1. The zero-order valence-electron chi connectivity index (χ0n) is 21.5. The van der Waals surface area contributed by atoms with Crippen LogP contribution >= 0.6 is 27.3 Å². The van der Waals surface area contributed by atoms with Gasteiger partial charge in [0.2, 0.25) is 5.76 Å². The molecule has 6 nitrogen and oxygen atoms in total. The van der Waals surface area contributed by atoms with Crippen molar-refractivity contribution >= 4 is 44.5 Å². The molecule has 4 aromatic rings. The molecule has 8 heteroatoms. The van der Waals surface area contributed by atoms with Crippen LogP contribution in [-0.4, -0.2) is 23.7 Å². The molecule has 1 atom stereocenters. The number of anilines is 1. The molecule has 0 saturated carbocycles. The van der Waals surface area contributed by atoms with Crippen LogP contribution in [0.4, 0.5) is 5.69 Å². The van der Waals surface area contributed by atoms with Crippen LogP contribution in [0.5, 0.6) is 11.5 Å². The van der Waals surface area contributed by atoms with Gasteiger partial charge in [0.25, 0.3) is 0 Å². The van der Waals surface area contributed by atoms with Crippen molar-refractivity contribution < 1.29 is 23.8 Å². The number of ether oxygens (including phenoxy) is 2. The number of aliphatic hydroxyl groups is 1. The van der Waals surface area contributed by atoms with E-state index in [-0.39, 0.29) is 11.3 Å². The van der Waals surface area contributed by atoms with E-state index in [4.69, 9.17) is 13.9 Å². The van der Waals surface area contributed by atoms with Crippen molar-refractivity contribution in [2.75, 3.05) is 12.4 Å². The molecule has 0 bridgehead atoms. The van der Waals surface area contributed by atoms with Crippen LogP contribution in [0.3, 0.4) is 0 Å². The summed E-state index contributed by atoms with van der Waals surface area (Å²) < 4.78 is 17.4.